The van der Waals surface area contributed by atoms with Crippen molar-refractivity contribution in [3.8, 4) is 28.8 Å². The number of rotatable bonds is 12. The average Bonchev–Trinajstić information content (AvgIpc) is 3.49. The molecule has 0 atom stereocenters. The van der Waals surface area contributed by atoms with E-state index in [0.29, 0.717) is 48.5 Å². The van der Waals surface area contributed by atoms with Crippen LogP contribution in [-0.2, 0) is 26.0 Å². The minimum atomic E-state index is 0.336. The molecule has 0 unspecified atom stereocenters. The van der Waals surface area contributed by atoms with E-state index >= 15 is 0 Å². The Hall–Kier alpha value is -3.52. The van der Waals surface area contributed by atoms with Crippen LogP contribution in [0.5, 0.6) is 17.2 Å². The summed E-state index contributed by atoms with van der Waals surface area (Å²) in [6, 6.07) is 17.9. The van der Waals surface area contributed by atoms with Crippen molar-refractivity contribution in [3.05, 3.63) is 76.3 Å². The first-order valence-electron chi connectivity index (χ1n) is 12.0. The molecule has 0 bridgehead atoms. The number of hydrogen-bond donors (Lipinski definition) is 1. The first-order valence-corrected chi connectivity index (χ1v) is 12.4. The summed E-state index contributed by atoms with van der Waals surface area (Å²) in [4.78, 5) is 0. The van der Waals surface area contributed by atoms with Crippen molar-refractivity contribution < 1.29 is 18.6 Å². The number of furan rings is 1. The molecular weight excluding hydrogens is 462 g/mol. The highest BCUT2D eigenvalue weighted by Crippen LogP contribution is 2.29. The largest absolute Gasteiger partial charge is 0.490 e. The van der Waals surface area contributed by atoms with E-state index in [1.54, 1.807) is 0 Å². The molecule has 1 N–H and O–H groups in total. The highest BCUT2D eigenvalue weighted by molar-refractivity contribution is 7.71. The summed E-state index contributed by atoms with van der Waals surface area (Å²) < 4.78 is 25.8. The fourth-order valence-corrected chi connectivity index (χ4v) is 3.98. The third-order valence-corrected chi connectivity index (χ3v) is 5.90. The van der Waals surface area contributed by atoms with Gasteiger partial charge in [0.05, 0.1) is 13.2 Å². The van der Waals surface area contributed by atoms with Gasteiger partial charge in [-0.05, 0) is 86.4 Å². The van der Waals surface area contributed by atoms with Gasteiger partial charge in [-0.15, -0.1) is 0 Å². The topological polar surface area (TPSA) is 74.4 Å². The number of hydrogen-bond acceptors (Lipinski definition) is 6. The first-order chi connectivity index (χ1) is 17.1. The van der Waals surface area contributed by atoms with Crippen LogP contribution in [0.15, 0.2) is 59.0 Å². The lowest BCUT2D eigenvalue weighted by Gasteiger charge is -2.13. The van der Waals surface area contributed by atoms with E-state index in [1.807, 2.05) is 60.9 Å². The molecule has 4 rings (SSSR count). The van der Waals surface area contributed by atoms with Crippen LogP contribution < -0.4 is 14.2 Å². The van der Waals surface area contributed by atoms with Crippen molar-refractivity contribution in [2.75, 3.05) is 13.2 Å². The molecular formula is C27H31N3O4S. The maximum Gasteiger partial charge on any atom is 0.198 e. The third kappa shape index (κ3) is 6.14. The van der Waals surface area contributed by atoms with Crippen molar-refractivity contribution >= 4 is 12.2 Å². The van der Waals surface area contributed by atoms with Crippen LogP contribution >= 0.6 is 12.2 Å². The summed E-state index contributed by atoms with van der Waals surface area (Å²) in [6.45, 7) is 8.20. The molecule has 0 amide bonds. The molecule has 0 radical (unpaired) electrons. The maximum absolute atomic E-state index is 6.02. The fourth-order valence-electron chi connectivity index (χ4n) is 3.76. The van der Waals surface area contributed by atoms with Crippen LogP contribution in [0.25, 0.3) is 11.6 Å². The number of nitrogens with zero attached hydrogens (tertiary/aromatic N) is 2. The number of aromatic amines is 1. The van der Waals surface area contributed by atoms with E-state index in [9.17, 15) is 0 Å². The van der Waals surface area contributed by atoms with Crippen LogP contribution in [-0.4, -0.2) is 28.0 Å². The predicted octanol–water partition coefficient (Wildman–Crippen LogP) is 6.38. The van der Waals surface area contributed by atoms with E-state index in [-0.39, 0.29) is 0 Å². The van der Waals surface area contributed by atoms with Crippen molar-refractivity contribution in [2.45, 2.75) is 46.8 Å². The zero-order chi connectivity index (χ0) is 24.6. The number of ether oxygens (including phenoxy) is 3. The lowest BCUT2D eigenvalue weighted by atomic mass is 10.1. The average molecular weight is 494 g/mol. The Balaban J connectivity index is 1.44. The molecule has 0 spiro atoms. The van der Waals surface area contributed by atoms with Crippen LogP contribution in [0.1, 0.15) is 37.7 Å². The summed E-state index contributed by atoms with van der Waals surface area (Å²) >= 11 is 5.49. The van der Waals surface area contributed by atoms with Crippen molar-refractivity contribution in [2.24, 2.45) is 0 Å². The minimum Gasteiger partial charge on any atom is -0.490 e. The highest BCUT2D eigenvalue weighted by atomic mass is 32.1. The minimum absolute atomic E-state index is 0.336. The zero-order valence-electron chi connectivity index (χ0n) is 20.4. The maximum atomic E-state index is 6.02. The van der Waals surface area contributed by atoms with Crippen molar-refractivity contribution in [1.82, 2.24) is 14.8 Å². The molecule has 0 fully saturated rings. The Morgan fingerprint density at radius 1 is 0.886 bits per heavy atom. The van der Waals surface area contributed by atoms with Gasteiger partial charge < -0.3 is 18.6 Å². The Morgan fingerprint density at radius 2 is 1.63 bits per heavy atom. The quantitative estimate of drug-likeness (QED) is 0.231. The lowest BCUT2D eigenvalue weighted by molar-refractivity contribution is 0.271. The fraction of sp³-hybridized carbons (Fsp3) is 0.333. The molecule has 0 aliphatic rings. The molecule has 7 nitrogen and oxygen atoms in total. The van der Waals surface area contributed by atoms with Gasteiger partial charge in [0.25, 0.3) is 0 Å². The molecule has 0 saturated heterocycles. The zero-order valence-corrected chi connectivity index (χ0v) is 21.2. The second-order valence-corrected chi connectivity index (χ2v) is 8.34. The van der Waals surface area contributed by atoms with Crippen LogP contribution in [0, 0.1) is 4.77 Å². The summed E-state index contributed by atoms with van der Waals surface area (Å²) in [5.41, 5.74) is 2.40. The summed E-state index contributed by atoms with van der Waals surface area (Å²) in [5, 5.41) is 7.29. The van der Waals surface area contributed by atoms with Crippen LogP contribution in [0.4, 0.5) is 0 Å². The van der Waals surface area contributed by atoms with E-state index in [2.05, 4.69) is 29.3 Å². The van der Waals surface area contributed by atoms with Gasteiger partial charge in [-0.2, -0.15) is 5.10 Å². The van der Waals surface area contributed by atoms with Gasteiger partial charge in [-0.25, -0.2) is 0 Å². The van der Waals surface area contributed by atoms with E-state index in [0.717, 1.165) is 35.7 Å². The van der Waals surface area contributed by atoms with E-state index in [4.69, 9.17) is 30.8 Å². The van der Waals surface area contributed by atoms with Gasteiger partial charge in [-0.3, -0.25) is 9.67 Å². The summed E-state index contributed by atoms with van der Waals surface area (Å²) in [7, 11) is 0. The van der Waals surface area contributed by atoms with E-state index < -0.39 is 0 Å². The summed E-state index contributed by atoms with van der Waals surface area (Å²) in [6.07, 6.45) is 1.75. The number of aryl methyl sites for hydroxylation is 2. The second kappa shape index (κ2) is 11.8. The Morgan fingerprint density at radius 3 is 2.37 bits per heavy atom. The van der Waals surface area contributed by atoms with Gasteiger partial charge in [0.1, 0.15) is 18.1 Å². The van der Waals surface area contributed by atoms with Crippen LogP contribution in [0.3, 0.4) is 0 Å². The van der Waals surface area contributed by atoms with E-state index in [1.165, 1.54) is 5.56 Å². The Kier molecular flexibility index (Phi) is 8.26. The second-order valence-electron chi connectivity index (χ2n) is 7.95. The Bertz CT molecular complexity index is 1290. The molecule has 4 aromatic rings. The number of aromatic nitrogens is 3. The predicted molar refractivity (Wildman–Crippen MR) is 138 cm³/mol. The summed E-state index contributed by atoms with van der Waals surface area (Å²) in [5.74, 6) is 4.33. The monoisotopic (exact) mass is 493 g/mol. The molecule has 2 aromatic carbocycles. The number of nitrogens with one attached hydrogen (secondary N) is 1. The lowest BCUT2D eigenvalue weighted by Crippen LogP contribution is -2.05. The molecule has 8 heteroatoms. The van der Waals surface area contributed by atoms with Gasteiger partial charge in [0, 0.05) is 6.54 Å². The van der Waals surface area contributed by atoms with Gasteiger partial charge >= 0.3 is 0 Å². The first kappa shape index (κ1) is 24.6. The molecule has 2 heterocycles. The molecule has 35 heavy (non-hydrogen) atoms. The number of benzene rings is 2. The van der Waals surface area contributed by atoms with Gasteiger partial charge in [0.15, 0.2) is 27.9 Å². The van der Waals surface area contributed by atoms with Gasteiger partial charge in [-0.1, -0.05) is 25.1 Å². The van der Waals surface area contributed by atoms with Crippen molar-refractivity contribution in [1.29, 1.82) is 0 Å². The standard InChI is InChI=1S/C27H31N3O4S/c1-4-19-7-10-21(11-8-19)33-18-22-12-14-24(34-22)26-28-29-27(35)30(26)16-15-20-9-13-23(31-5-2)25(17-20)32-6-3/h7-14,17H,4-6,15-16,18H2,1-3H3,(H,29,35). The molecule has 184 valence electrons. The molecule has 2 aromatic heterocycles. The third-order valence-electron chi connectivity index (χ3n) is 5.58. The molecule has 0 aliphatic heterocycles. The Labute approximate surface area is 210 Å². The van der Waals surface area contributed by atoms with Gasteiger partial charge in [0.2, 0.25) is 0 Å². The SMILES string of the molecule is CCOc1ccc(CCn2c(-c3ccc(COc4ccc(CC)cc4)o3)n[nH]c2=S)cc1OCC. The molecule has 0 saturated carbocycles. The van der Waals surface area contributed by atoms with Crippen molar-refractivity contribution in [3.63, 3.8) is 0 Å². The van der Waals surface area contributed by atoms with Crippen LogP contribution in [0.2, 0.25) is 0 Å². The normalized spacial score (nSPS) is 10.9. The highest BCUT2D eigenvalue weighted by Gasteiger charge is 2.14. The number of H-pyrrole nitrogens is 1. The smallest absolute Gasteiger partial charge is 0.198 e. The molecule has 0 aliphatic carbocycles.